The Morgan fingerprint density at radius 3 is 2.50 bits per heavy atom. The lowest BCUT2D eigenvalue weighted by atomic mass is 9.96. The van der Waals surface area contributed by atoms with Crippen LogP contribution in [0.3, 0.4) is 0 Å². The normalized spacial score (nSPS) is 14.0. The number of alkyl halides is 2. The number of aliphatic hydroxyl groups excluding tert-OH is 1. The van der Waals surface area contributed by atoms with Crippen LogP contribution in [0.4, 0.5) is 0 Å². The molecule has 6 heteroatoms. The molecule has 0 saturated heterocycles. The van der Waals surface area contributed by atoms with E-state index in [2.05, 4.69) is 15.9 Å². The number of carboxylic acids is 1. The van der Waals surface area contributed by atoms with E-state index in [0.29, 0.717) is 5.33 Å². The number of Topliss-reactive ketones (excluding diaryl/α,β-unsaturated/α-hetero) is 1. The number of carbonyl (C=O) groups is 2. The second-order valence-electron chi connectivity index (χ2n) is 3.78. The lowest BCUT2D eigenvalue weighted by Gasteiger charge is -2.13. The van der Waals surface area contributed by atoms with Crippen molar-refractivity contribution in [1.82, 2.24) is 0 Å². The van der Waals surface area contributed by atoms with Gasteiger partial charge in [-0.1, -0.05) is 28.1 Å². The van der Waals surface area contributed by atoms with Crippen LogP contribution in [-0.4, -0.2) is 27.3 Å². The Balaban J connectivity index is 3.33. The van der Waals surface area contributed by atoms with E-state index in [1.165, 1.54) is 19.1 Å². The maximum Gasteiger partial charge on any atom is 0.337 e. The second-order valence-corrected chi connectivity index (χ2v) is 4.99. The van der Waals surface area contributed by atoms with E-state index in [1.54, 1.807) is 6.07 Å². The summed E-state index contributed by atoms with van der Waals surface area (Å²) in [4.78, 5) is 22.7. The van der Waals surface area contributed by atoms with Gasteiger partial charge in [0.1, 0.15) is 0 Å². The first-order chi connectivity index (χ1) is 8.38. The van der Waals surface area contributed by atoms with Crippen LogP contribution in [0, 0.1) is 0 Å². The standard InChI is InChI=1S/C12H12BrClO4/c1-6(14)10(15)9-4-7(5-13)2-3-8(9)11(16)12(17)18/h2-4,6,11,16H,5H2,1H3,(H,17,18). The van der Waals surface area contributed by atoms with Crippen molar-refractivity contribution in [3.8, 4) is 0 Å². The summed E-state index contributed by atoms with van der Waals surface area (Å²) in [6, 6.07) is 4.62. The molecule has 2 unspecified atom stereocenters. The minimum absolute atomic E-state index is 0.0599. The Hall–Kier alpha value is -0.910. The highest BCUT2D eigenvalue weighted by Crippen LogP contribution is 2.23. The van der Waals surface area contributed by atoms with Crippen LogP contribution in [0.25, 0.3) is 0 Å². The highest BCUT2D eigenvalue weighted by molar-refractivity contribution is 9.08. The third-order valence-corrected chi connectivity index (χ3v) is 3.27. The number of halogens is 2. The summed E-state index contributed by atoms with van der Waals surface area (Å²) >= 11 is 8.97. The summed E-state index contributed by atoms with van der Waals surface area (Å²) < 4.78 is 0. The molecule has 0 aliphatic heterocycles. The topological polar surface area (TPSA) is 74.6 Å². The van der Waals surface area contributed by atoms with Crippen LogP contribution in [0.2, 0.25) is 0 Å². The van der Waals surface area contributed by atoms with Crippen molar-refractivity contribution in [2.75, 3.05) is 0 Å². The number of rotatable bonds is 5. The number of benzene rings is 1. The molecule has 4 nitrogen and oxygen atoms in total. The molecule has 0 heterocycles. The van der Waals surface area contributed by atoms with Gasteiger partial charge < -0.3 is 10.2 Å². The van der Waals surface area contributed by atoms with Gasteiger partial charge in [0.25, 0.3) is 0 Å². The first kappa shape index (κ1) is 15.1. The van der Waals surface area contributed by atoms with Gasteiger partial charge in [0.2, 0.25) is 0 Å². The molecule has 1 aromatic carbocycles. The summed E-state index contributed by atoms with van der Waals surface area (Å²) in [6.45, 7) is 1.50. The Kier molecular flexibility index (Phi) is 5.31. The van der Waals surface area contributed by atoms with Crippen LogP contribution in [-0.2, 0) is 10.1 Å². The van der Waals surface area contributed by atoms with Crippen LogP contribution < -0.4 is 0 Å². The number of hydrogen-bond acceptors (Lipinski definition) is 3. The molecule has 0 bridgehead atoms. The molecule has 98 valence electrons. The van der Waals surface area contributed by atoms with Gasteiger partial charge in [0, 0.05) is 16.5 Å². The Morgan fingerprint density at radius 2 is 2.06 bits per heavy atom. The Morgan fingerprint density at radius 1 is 1.44 bits per heavy atom. The van der Waals surface area contributed by atoms with Crippen LogP contribution in [0.15, 0.2) is 18.2 Å². The minimum atomic E-state index is -1.73. The van der Waals surface area contributed by atoms with Crippen LogP contribution >= 0.6 is 27.5 Å². The number of aliphatic carboxylic acids is 1. The molecule has 0 aliphatic rings. The molecule has 0 spiro atoms. The highest BCUT2D eigenvalue weighted by Gasteiger charge is 2.24. The highest BCUT2D eigenvalue weighted by atomic mass is 79.9. The van der Waals surface area contributed by atoms with Gasteiger partial charge in [-0.25, -0.2) is 4.79 Å². The molecule has 0 aliphatic carbocycles. The van der Waals surface area contributed by atoms with Crippen molar-refractivity contribution in [3.63, 3.8) is 0 Å². The van der Waals surface area contributed by atoms with E-state index >= 15 is 0 Å². The van der Waals surface area contributed by atoms with E-state index in [1.807, 2.05) is 0 Å². The van der Waals surface area contributed by atoms with E-state index in [9.17, 15) is 14.7 Å². The summed E-state index contributed by atoms with van der Waals surface area (Å²) in [5, 5.41) is 18.1. The van der Waals surface area contributed by atoms with E-state index in [4.69, 9.17) is 16.7 Å². The lowest BCUT2D eigenvalue weighted by molar-refractivity contribution is -0.146. The third kappa shape index (κ3) is 3.31. The average molecular weight is 336 g/mol. The third-order valence-electron chi connectivity index (χ3n) is 2.43. The molecule has 0 aromatic heterocycles. The maximum absolute atomic E-state index is 11.9. The quantitative estimate of drug-likeness (QED) is 0.640. The molecular formula is C12H12BrClO4. The minimum Gasteiger partial charge on any atom is -0.479 e. The fourth-order valence-electron chi connectivity index (χ4n) is 1.49. The first-order valence-electron chi connectivity index (χ1n) is 5.16. The van der Waals surface area contributed by atoms with Gasteiger partial charge in [0.05, 0.1) is 5.38 Å². The van der Waals surface area contributed by atoms with E-state index in [0.717, 1.165) is 5.56 Å². The zero-order valence-corrected chi connectivity index (χ0v) is 11.9. The summed E-state index contributed by atoms with van der Waals surface area (Å²) in [7, 11) is 0. The average Bonchev–Trinajstić information content (AvgIpc) is 2.35. The molecule has 0 fully saturated rings. The van der Waals surface area contributed by atoms with Gasteiger partial charge in [-0.3, -0.25) is 4.79 Å². The smallest absolute Gasteiger partial charge is 0.337 e. The van der Waals surface area contributed by atoms with Gasteiger partial charge in [-0.05, 0) is 18.6 Å². The summed E-state index contributed by atoms with van der Waals surface area (Å²) in [6.07, 6.45) is -1.73. The number of carbonyl (C=O) groups excluding carboxylic acids is 1. The van der Waals surface area contributed by atoms with Crippen LogP contribution in [0.5, 0.6) is 0 Å². The predicted molar refractivity (Wildman–Crippen MR) is 71.3 cm³/mol. The maximum atomic E-state index is 11.9. The van der Waals surface area contributed by atoms with Gasteiger partial charge >= 0.3 is 5.97 Å². The SMILES string of the molecule is CC(Cl)C(=O)c1cc(CBr)ccc1C(O)C(=O)O. The second kappa shape index (κ2) is 6.31. The number of carboxylic acid groups (broad SMARTS) is 1. The van der Waals surface area contributed by atoms with Gasteiger partial charge in [-0.15, -0.1) is 11.6 Å². The number of hydrogen-bond donors (Lipinski definition) is 2. The zero-order chi connectivity index (χ0) is 13.9. The van der Waals surface area contributed by atoms with Crippen molar-refractivity contribution in [2.24, 2.45) is 0 Å². The number of aliphatic hydroxyl groups is 1. The number of ketones is 1. The molecular weight excluding hydrogens is 323 g/mol. The largest absolute Gasteiger partial charge is 0.479 e. The van der Waals surface area contributed by atoms with Crippen molar-refractivity contribution >= 4 is 39.3 Å². The van der Waals surface area contributed by atoms with Gasteiger partial charge in [0.15, 0.2) is 11.9 Å². The summed E-state index contributed by atoms with van der Waals surface area (Å²) in [5.74, 6) is -1.81. The molecule has 0 saturated carbocycles. The van der Waals surface area contributed by atoms with Crippen molar-refractivity contribution in [1.29, 1.82) is 0 Å². The van der Waals surface area contributed by atoms with Crippen molar-refractivity contribution in [2.45, 2.75) is 23.7 Å². The van der Waals surface area contributed by atoms with Gasteiger partial charge in [-0.2, -0.15) is 0 Å². The van der Waals surface area contributed by atoms with Crippen molar-refractivity contribution < 1.29 is 19.8 Å². The molecule has 2 atom stereocenters. The lowest BCUT2D eigenvalue weighted by Crippen LogP contribution is -2.19. The fourth-order valence-corrected chi connectivity index (χ4v) is 1.95. The van der Waals surface area contributed by atoms with Crippen LogP contribution in [0.1, 0.15) is 34.5 Å². The summed E-state index contributed by atoms with van der Waals surface area (Å²) in [5.41, 5.74) is 1.01. The molecule has 0 radical (unpaired) electrons. The van der Waals surface area contributed by atoms with Crippen molar-refractivity contribution in [3.05, 3.63) is 34.9 Å². The van der Waals surface area contributed by atoms with E-state index in [-0.39, 0.29) is 11.1 Å². The predicted octanol–water partition coefficient (Wildman–Crippen LogP) is 2.51. The molecule has 2 N–H and O–H groups in total. The first-order valence-corrected chi connectivity index (χ1v) is 6.72. The zero-order valence-electron chi connectivity index (χ0n) is 9.56. The Labute approximate surface area is 118 Å². The molecule has 1 aromatic rings. The molecule has 18 heavy (non-hydrogen) atoms. The monoisotopic (exact) mass is 334 g/mol. The molecule has 0 amide bonds. The Bertz CT molecular complexity index is 473. The van der Waals surface area contributed by atoms with E-state index < -0.39 is 23.2 Å². The molecule has 1 rings (SSSR count). The fraction of sp³-hybridized carbons (Fsp3) is 0.333.